The lowest BCUT2D eigenvalue weighted by molar-refractivity contribution is 0.670. The molecule has 0 N–H and O–H groups in total. The van der Waals surface area contributed by atoms with E-state index in [4.69, 9.17) is 21.8 Å². The number of halogens is 1. The normalized spacial score (nSPS) is 10.8. The summed E-state index contributed by atoms with van der Waals surface area (Å²) >= 11 is 6.02. The first-order valence-electron chi connectivity index (χ1n) is 7.15. The van der Waals surface area contributed by atoms with Crippen LogP contribution in [-0.2, 0) is 6.54 Å². The molecule has 0 saturated carbocycles. The van der Waals surface area contributed by atoms with Gasteiger partial charge in [-0.3, -0.25) is 0 Å². The lowest BCUT2D eigenvalue weighted by atomic mass is 10.1. The minimum Gasteiger partial charge on any atom is -0.309 e. The fourth-order valence-corrected chi connectivity index (χ4v) is 2.67. The number of hydrogen-bond acceptors (Lipinski definition) is 3. The second kappa shape index (κ2) is 6.17. The summed E-state index contributed by atoms with van der Waals surface area (Å²) in [6.45, 7) is 2.77. The molecule has 0 aliphatic heterocycles. The first kappa shape index (κ1) is 14.6. The summed E-state index contributed by atoms with van der Waals surface area (Å²) in [5, 5.41) is 9.33. The van der Waals surface area contributed by atoms with Gasteiger partial charge < -0.3 is 4.57 Å². The zero-order chi connectivity index (χ0) is 15.5. The number of hydrogen-bond donors (Lipinski definition) is 0. The van der Waals surface area contributed by atoms with Crippen LogP contribution in [0.3, 0.4) is 0 Å². The molecule has 110 valence electrons. The number of pyridine rings is 1. The van der Waals surface area contributed by atoms with Gasteiger partial charge in [0, 0.05) is 24.7 Å². The van der Waals surface area contributed by atoms with Crippen molar-refractivity contribution in [1.82, 2.24) is 14.5 Å². The van der Waals surface area contributed by atoms with Gasteiger partial charge in [-0.25, -0.2) is 9.97 Å². The third-order valence-electron chi connectivity index (χ3n) is 3.50. The molecule has 2 heterocycles. The summed E-state index contributed by atoms with van der Waals surface area (Å²) < 4.78 is 2.07. The molecule has 0 aliphatic carbocycles. The average molecular weight is 311 g/mol. The topological polar surface area (TPSA) is 54.5 Å². The summed E-state index contributed by atoms with van der Waals surface area (Å²) in [6, 6.07) is 12.2. The Morgan fingerprint density at radius 3 is 2.95 bits per heavy atom. The Labute approximate surface area is 134 Å². The Hall–Kier alpha value is -2.38. The fraction of sp³-hybridized carbons (Fsp3) is 0.235. The maximum absolute atomic E-state index is 8.76. The van der Waals surface area contributed by atoms with Crippen LogP contribution in [-0.4, -0.2) is 14.5 Å². The minimum absolute atomic E-state index is 0.514. The number of nitriles is 1. The molecule has 5 heteroatoms. The van der Waals surface area contributed by atoms with E-state index in [0.29, 0.717) is 18.0 Å². The predicted octanol–water partition coefficient (Wildman–Crippen LogP) is 4.36. The molecule has 3 aromatic rings. The van der Waals surface area contributed by atoms with E-state index >= 15 is 0 Å². The van der Waals surface area contributed by atoms with Crippen molar-refractivity contribution in [2.75, 3.05) is 0 Å². The highest BCUT2D eigenvalue weighted by atomic mass is 35.5. The second-order valence-corrected chi connectivity index (χ2v) is 5.65. The largest absolute Gasteiger partial charge is 0.309 e. The molecule has 0 radical (unpaired) electrons. The maximum Gasteiger partial charge on any atom is 0.160 e. The molecule has 0 spiro atoms. The van der Waals surface area contributed by atoms with E-state index in [1.807, 2.05) is 18.2 Å². The number of rotatable bonds is 4. The van der Waals surface area contributed by atoms with Gasteiger partial charge >= 0.3 is 0 Å². The Morgan fingerprint density at radius 1 is 1.32 bits per heavy atom. The van der Waals surface area contributed by atoms with Crippen LogP contribution >= 0.6 is 11.6 Å². The van der Waals surface area contributed by atoms with Gasteiger partial charge in [0.15, 0.2) is 5.65 Å². The van der Waals surface area contributed by atoms with Gasteiger partial charge in [-0.2, -0.15) is 5.26 Å². The molecule has 0 unspecified atom stereocenters. The number of unbranched alkanes of at least 4 members (excludes halogenated alkanes) is 1. The van der Waals surface area contributed by atoms with Crippen molar-refractivity contribution in [2.45, 2.75) is 26.3 Å². The van der Waals surface area contributed by atoms with E-state index in [1.54, 1.807) is 6.20 Å². The van der Waals surface area contributed by atoms with Gasteiger partial charge in [0.25, 0.3) is 0 Å². The summed E-state index contributed by atoms with van der Waals surface area (Å²) in [7, 11) is 0. The standard InChI is InChI=1S/C17H15ClN4/c1-12-5-4-6-13(9-12)16-21-15-10-14(18)11-20-17(15)22(16)8-3-2-7-19/h4-6,9-11H,2-3,8H2,1H3. The van der Waals surface area contributed by atoms with Crippen LogP contribution in [0.2, 0.25) is 5.02 Å². The van der Waals surface area contributed by atoms with Gasteiger partial charge in [-0.05, 0) is 25.5 Å². The molecule has 0 fully saturated rings. The van der Waals surface area contributed by atoms with Crippen LogP contribution in [0.25, 0.3) is 22.6 Å². The van der Waals surface area contributed by atoms with Crippen LogP contribution in [0.1, 0.15) is 18.4 Å². The van der Waals surface area contributed by atoms with Crippen molar-refractivity contribution < 1.29 is 0 Å². The van der Waals surface area contributed by atoms with E-state index in [-0.39, 0.29) is 0 Å². The molecular formula is C17H15ClN4. The quantitative estimate of drug-likeness (QED) is 0.673. The van der Waals surface area contributed by atoms with Crippen molar-refractivity contribution in [1.29, 1.82) is 5.26 Å². The van der Waals surface area contributed by atoms with Crippen LogP contribution in [0.5, 0.6) is 0 Å². The van der Waals surface area contributed by atoms with E-state index in [0.717, 1.165) is 29.0 Å². The van der Waals surface area contributed by atoms with E-state index in [1.165, 1.54) is 5.56 Å². The zero-order valence-corrected chi connectivity index (χ0v) is 13.0. The van der Waals surface area contributed by atoms with Crippen LogP contribution in [0.15, 0.2) is 36.5 Å². The number of aromatic nitrogens is 3. The SMILES string of the molecule is Cc1cccc(-c2nc3cc(Cl)cnc3n2CCCC#N)c1. The molecule has 2 aromatic heterocycles. The summed E-state index contributed by atoms with van der Waals surface area (Å²) in [5.41, 5.74) is 3.81. The Morgan fingerprint density at radius 2 is 2.18 bits per heavy atom. The van der Waals surface area contributed by atoms with Gasteiger partial charge in [-0.15, -0.1) is 0 Å². The second-order valence-electron chi connectivity index (χ2n) is 5.21. The number of imidazole rings is 1. The van der Waals surface area contributed by atoms with Gasteiger partial charge in [0.2, 0.25) is 0 Å². The third kappa shape index (κ3) is 2.81. The molecule has 0 aliphatic rings. The van der Waals surface area contributed by atoms with Crippen LogP contribution in [0, 0.1) is 18.3 Å². The third-order valence-corrected chi connectivity index (χ3v) is 3.70. The van der Waals surface area contributed by atoms with E-state index in [9.17, 15) is 0 Å². The van der Waals surface area contributed by atoms with Crippen LogP contribution < -0.4 is 0 Å². The molecule has 1 aromatic carbocycles. The Bertz CT molecular complexity index is 861. The molecule has 0 amide bonds. The average Bonchev–Trinajstić information content (AvgIpc) is 2.85. The van der Waals surface area contributed by atoms with Gasteiger partial charge in [0.05, 0.1) is 11.1 Å². The summed E-state index contributed by atoms with van der Waals surface area (Å²) in [5.74, 6) is 0.867. The lowest BCUT2D eigenvalue weighted by Crippen LogP contribution is -2.02. The molecule has 3 rings (SSSR count). The molecular weight excluding hydrogens is 296 g/mol. The highest BCUT2D eigenvalue weighted by Crippen LogP contribution is 2.26. The molecule has 4 nitrogen and oxygen atoms in total. The summed E-state index contributed by atoms with van der Waals surface area (Å²) in [4.78, 5) is 9.11. The van der Waals surface area contributed by atoms with Crippen molar-refractivity contribution in [3.8, 4) is 17.5 Å². The number of nitrogens with zero attached hydrogens (tertiary/aromatic N) is 4. The molecule has 0 saturated heterocycles. The van der Waals surface area contributed by atoms with Crippen molar-refractivity contribution >= 4 is 22.8 Å². The van der Waals surface area contributed by atoms with Gasteiger partial charge in [-0.1, -0.05) is 35.4 Å². The smallest absolute Gasteiger partial charge is 0.160 e. The fourth-order valence-electron chi connectivity index (χ4n) is 2.52. The number of benzene rings is 1. The number of fused-ring (bicyclic) bond motifs is 1. The predicted molar refractivity (Wildman–Crippen MR) is 87.6 cm³/mol. The molecule has 0 bridgehead atoms. The zero-order valence-electron chi connectivity index (χ0n) is 12.3. The summed E-state index contributed by atoms with van der Waals surface area (Å²) in [6.07, 6.45) is 2.91. The first-order valence-corrected chi connectivity index (χ1v) is 7.52. The van der Waals surface area contributed by atoms with Crippen molar-refractivity contribution in [3.63, 3.8) is 0 Å². The molecule has 22 heavy (non-hydrogen) atoms. The van der Waals surface area contributed by atoms with E-state index < -0.39 is 0 Å². The first-order chi connectivity index (χ1) is 10.7. The Balaban J connectivity index is 2.15. The molecule has 0 atom stereocenters. The maximum atomic E-state index is 8.76. The Kier molecular flexibility index (Phi) is 4.08. The van der Waals surface area contributed by atoms with Crippen molar-refractivity contribution in [2.24, 2.45) is 0 Å². The van der Waals surface area contributed by atoms with Crippen LogP contribution in [0.4, 0.5) is 0 Å². The number of aryl methyl sites for hydroxylation is 2. The lowest BCUT2D eigenvalue weighted by Gasteiger charge is -2.08. The van der Waals surface area contributed by atoms with Crippen molar-refractivity contribution in [3.05, 3.63) is 47.1 Å². The highest BCUT2D eigenvalue weighted by Gasteiger charge is 2.14. The van der Waals surface area contributed by atoms with Gasteiger partial charge in [0.1, 0.15) is 11.3 Å². The highest BCUT2D eigenvalue weighted by molar-refractivity contribution is 6.31. The minimum atomic E-state index is 0.514. The monoisotopic (exact) mass is 310 g/mol. The van der Waals surface area contributed by atoms with E-state index in [2.05, 4.69) is 34.7 Å².